The molecule has 0 saturated carbocycles. The van der Waals surface area contributed by atoms with Crippen molar-refractivity contribution in [2.75, 3.05) is 20.1 Å². The molecule has 4 heterocycles. The van der Waals surface area contributed by atoms with Gasteiger partial charge in [-0.15, -0.1) is 0 Å². The molecular weight excluding hydrogens is 372 g/mol. The van der Waals surface area contributed by atoms with E-state index in [1.807, 2.05) is 25.5 Å². The highest BCUT2D eigenvalue weighted by Gasteiger charge is 2.28. The van der Waals surface area contributed by atoms with Gasteiger partial charge in [0, 0.05) is 50.6 Å². The largest absolute Gasteiger partial charge is 0.486 e. The molecule has 2 amide bonds. The summed E-state index contributed by atoms with van der Waals surface area (Å²) in [7, 11) is 3.42. The second kappa shape index (κ2) is 7.42. The second-order valence-corrected chi connectivity index (χ2v) is 6.94. The lowest BCUT2D eigenvalue weighted by molar-refractivity contribution is -0.125. The molecule has 0 spiro atoms. The number of nitrogens with zero attached hydrogens (tertiary/aromatic N) is 5. The summed E-state index contributed by atoms with van der Waals surface area (Å²) in [5.41, 5.74) is 2.79. The van der Waals surface area contributed by atoms with E-state index in [1.165, 1.54) is 12.3 Å². The van der Waals surface area contributed by atoms with Crippen LogP contribution in [0.15, 0.2) is 43.5 Å². The molecule has 1 atom stereocenters. The maximum Gasteiger partial charge on any atom is 0.255 e. The minimum absolute atomic E-state index is 0.110. The molecule has 1 fully saturated rings. The number of nitrogens with one attached hydrogen (secondary N) is 1. The first-order valence-corrected chi connectivity index (χ1v) is 9.30. The number of aromatic nitrogens is 4. The van der Waals surface area contributed by atoms with Gasteiger partial charge in [-0.3, -0.25) is 14.3 Å². The highest BCUT2D eigenvalue weighted by atomic mass is 16.5. The van der Waals surface area contributed by atoms with Gasteiger partial charge in [0.1, 0.15) is 17.4 Å². The number of likely N-dealkylation sites (tertiary alicyclic amines) is 1. The van der Waals surface area contributed by atoms with Crippen molar-refractivity contribution in [3.05, 3.63) is 49.1 Å². The van der Waals surface area contributed by atoms with Gasteiger partial charge in [-0.25, -0.2) is 4.52 Å². The monoisotopic (exact) mass is 394 g/mol. The summed E-state index contributed by atoms with van der Waals surface area (Å²) in [6, 6.07) is 1.89. The van der Waals surface area contributed by atoms with Gasteiger partial charge in [-0.1, -0.05) is 6.58 Å². The molecule has 3 aromatic rings. The molecule has 29 heavy (non-hydrogen) atoms. The van der Waals surface area contributed by atoms with Crippen molar-refractivity contribution in [2.24, 2.45) is 7.05 Å². The van der Waals surface area contributed by atoms with Crippen molar-refractivity contribution in [1.82, 2.24) is 29.6 Å². The minimum Gasteiger partial charge on any atom is -0.486 e. The SMILES string of the molecule is C=CC(=O)N1CC[C@H](Oc2cc(-c3cnn(C)c3)cn3ncc(C(=O)NC)c23)C1. The molecular formula is C20H22N6O3. The van der Waals surface area contributed by atoms with E-state index in [1.54, 1.807) is 27.3 Å². The summed E-state index contributed by atoms with van der Waals surface area (Å²) >= 11 is 0. The van der Waals surface area contributed by atoms with E-state index in [4.69, 9.17) is 4.74 Å². The van der Waals surface area contributed by atoms with Gasteiger partial charge >= 0.3 is 0 Å². The first-order chi connectivity index (χ1) is 14.0. The average molecular weight is 394 g/mol. The Bertz CT molecular complexity index is 1100. The zero-order valence-corrected chi connectivity index (χ0v) is 16.3. The predicted octanol–water partition coefficient (Wildman–Crippen LogP) is 1.26. The number of hydrogen-bond donors (Lipinski definition) is 1. The highest BCUT2D eigenvalue weighted by Crippen LogP contribution is 2.32. The molecule has 9 nitrogen and oxygen atoms in total. The lowest BCUT2D eigenvalue weighted by atomic mass is 10.1. The van der Waals surface area contributed by atoms with Crippen LogP contribution in [-0.2, 0) is 11.8 Å². The van der Waals surface area contributed by atoms with E-state index in [0.29, 0.717) is 36.3 Å². The number of amides is 2. The third kappa shape index (κ3) is 3.46. The topological polar surface area (TPSA) is 93.8 Å². The van der Waals surface area contributed by atoms with E-state index in [0.717, 1.165) is 11.1 Å². The number of fused-ring (bicyclic) bond motifs is 1. The smallest absolute Gasteiger partial charge is 0.255 e. The Morgan fingerprint density at radius 3 is 2.79 bits per heavy atom. The summed E-state index contributed by atoms with van der Waals surface area (Å²) in [4.78, 5) is 25.9. The first kappa shape index (κ1) is 18.7. The van der Waals surface area contributed by atoms with Crippen LogP contribution in [0.25, 0.3) is 16.6 Å². The summed E-state index contributed by atoms with van der Waals surface area (Å²) in [5, 5.41) is 11.2. The Kier molecular flexibility index (Phi) is 4.79. The van der Waals surface area contributed by atoms with Crippen molar-refractivity contribution in [3.63, 3.8) is 0 Å². The molecule has 150 valence electrons. The van der Waals surface area contributed by atoms with Crippen LogP contribution in [0, 0.1) is 0 Å². The van der Waals surface area contributed by atoms with Crippen LogP contribution in [0.4, 0.5) is 0 Å². The summed E-state index contributed by atoms with van der Waals surface area (Å²) in [5.74, 6) is 0.190. The molecule has 3 aromatic heterocycles. The van der Waals surface area contributed by atoms with Crippen LogP contribution in [0.3, 0.4) is 0 Å². The Hall–Kier alpha value is -3.62. The van der Waals surface area contributed by atoms with Crippen molar-refractivity contribution < 1.29 is 14.3 Å². The van der Waals surface area contributed by atoms with Crippen molar-refractivity contribution in [3.8, 4) is 16.9 Å². The number of aryl methyl sites for hydroxylation is 1. The fourth-order valence-electron chi connectivity index (χ4n) is 3.54. The number of rotatable bonds is 5. The lowest BCUT2D eigenvalue weighted by Crippen LogP contribution is -2.29. The van der Waals surface area contributed by atoms with Crippen LogP contribution < -0.4 is 10.1 Å². The first-order valence-electron chi connectivity index (χ1n) is 9.30. The van der Waals surface area contributed by atoms with Gasteiger partial charge in [0.05, 0.1) is 24.5 Å². The van der Waals surface area contributed by atoms with E-state index < -0.39 is 0 Å². The zero-order chi connectivity index (χ0) is 20.5. The molecule has 1 aliphatic rings. The summed E-state index contributed by atoms with van der Waals surface area (Å²) in [6.45, 7) is 4.62. The Morgan fingerprint density at radius 1 is 1.28 bits per heavy atom. The van der Waals surface area contributed by atoms with Crippen LogP contribution in [0.2, 0.25) is 0 Å². The quantitative estimate of drug-likeness (QED) is 0.658. The van der Waals surface area contributed by atoms with Crippen molar-refractivity contribution in [2.45, 2.75) is 12.5 Å². The fourth-order valence-corrected chi connectivity index (χ4v) is 3.54. The average Bonchev–Trinajstić information content (AvgIpc) is 3.46. The molecule has 0 aromatic carbocycles. The van der Waals surface area contributed by atoms with E-state index >= 15 is 0 Å². The van der Waals surface area contributed by atoms with Crippen LogP contribution in [-0.4, -0.2) is 62.3 Å². The van der Waals surface area contributed by atoms with Gasteiger partial charge in [0.15, 0.2) is 0 Å². The zero-order valence-electron chi connectivity index (χ0n) is 16.3. The van der Waals surface area contributed by atoms with E-state index in [9.17, 15) is 9.59 Å². The highest BCUT2D eigenvalue weighted by molar-refractivity contribution is 6.02. The molecule has 0 aliphatic carbocycles. The summed E-state index contributed by atoms with van der Waals surface area (Å²) < 4.78 is 9.64. The number of hydrogen-bond acceptors (Lipinski definition) is 5. The van der Waals surface area contributed by atoms with E-state index in [2.05, 4.69) is 22.1 Å². The maximum atomic E-state index is 12.3. The van der Waals surface area contributed by atoms with Gasteiger partial charge in [0.25, 0.3) is 5.91 Å². The molecule has 0 bridgehead atoms. The van der Waals surface area contributed by atoms with Gasteiger partial charge < -0.3 is 15.0 Å². The van der Waals surface area contributed by atoms with Gasteiger partial charge in [-0.2, -0.15) is 10.2 Å². The predicted molar refractivity (Wildman–Crippen MR) is 107 cm³/mol. The number of carbonyl (C=O) groups is 2. The Labute approximate surface area is 167 Å². The molecule has 1 saturated heterocycles. The maximum absolute atomic E-state index is 12.3. The third-order valence-corrected chi connectivity index (χ3v) is 5.01. The standard InChI is InChI=1S/C20H22N6O3/c1-4-18(27)25-6-5-15(12-25)29-17-7-13(14-8-22-24(3)10-14)11-26-19(17)16(9-23-26)20(28)21-2/h4,7-11,15H,1,5-6,12H2,2-3H3,(H,21,28)/t15-/m0/s1. The molecule has 4 rings (SSSR count). The number of pyridine rings is 1. The second-order valence-electron chi connectivity index (χ2n) is 6.94. The number of carbonyl (C=O) groups excluding carboxylic acids is 2. The third-order valence-electron chi connectivity index (χ3n) is 5.01. The molecule has 0 radical (unpaired) electrons. The number of ether oxygens (including phenoxy) is 1. The fraction of sp³-hybridized carbons (Fsp3) is 0.300. The van der Waals surface area contributed by atoms with Crippen molar-refractivity contribution >= 4 is 17.3 Å². The summed E-state index contributed by atoms with van der Waals surface area (Å²) in [6.07, 6.45) is 8.85. The minimum atomic E-state index is -0.242. The van der Waals surface area contributed by atoms with E-state index in [-0.39, 0.29) is 17.9 Å². The van der Waals surface area contributed by atoms with Crippen molar-refractivity contribution in [1.29, 1.82) is 0 Å². The van der Waals surface area contributed by atoms with Gasteiger partial charge in [0.2, 0.25) is 5.91 Å². The molecule has 9 heteroatoms. The molecule has 1 aliphatic heterocycles. The van der Waals surface area contributed by atoms with Crippen LogP contribution >= 0.6 is 0 Å². The Morgan fingerprint density at radius 2 is 2.10 bits per heavy atom. The molecule has 1 N–H and O–H groups in total. The van der Waals surface area contributed by atoms with Crippen LogP contribution in [0.5, 0.6) is 5.75 Å². The Balaban J connectivity index is 1.75. The van der Waals surface area contributed by atoms with Crippen LogP contribution in [0.1, 0.15) is 16.8 Å². The van der Waals surface area contributed by atoms with Gasteiger partial charge in [-0.05, 0) is 12.1 Å². The lowest BCUT2D eigenvalue weighted by Gasteiger charge is -2.17. The normalized spacial score (nSPS) is 16.2. The molecule has 0 unspecified atom stereocenters.